The molecule has 0 aliphatic heterocycles. The molecule has 0 bridgehead atoms. The third kappa shape index (κ3) is 4.09. The number of nitrogens with one attached hydrogen (secondary N) is 1. The Balaban J connectivity index is 2.19. The number of nitrogens with zero attached hydrogens (tertiary/aromatic N) is 2. The number of aliphatic carboxylic acids is 1. The van der Waals surface area contributed by atoms with Crippen molar-refractivity contribution in [3.8, 4) is 11.4 Å². The number of carbonyl (C=O) groups is 2. The SMILES string of the molecule is CC(C)CC(NC(=O)c1nn(-c2ccccc2)cc1O)C(=O)O. The minimum Gasteiger partial charge on any atom is -0.504 e. The number of carboxylic acids is 1. The van der Waals surface area contributed by atoms with Crippen molar-refractivity contribution < 1.29 is 19.8 Å². The lowest BCUT2D eigenvalue weighted by molar-refractivity contribution is -0.139. The number of rotatable bonds is 6. The van der Waals surface area contributed by atoms with E-state index < -0.39 is 17.9 Å². The van der Waals surface area contributed by atoms with Crippen molar-refractivity contribution in [1.29, 1.82) is 0 Å². The second kappa shape index (κ2) is 6.95. The fourth-order valence-corrected chi connectivity index (χ4v) is 2.16. The van der Waals surface area contributed by atoms with Crippen LogP contribution in [0.15, 0.2) is 36.5 Å². The molecule has 0 saturated carbocycles. The molecule has 3 N–H and O–H groups in total. The lowest BCUT2D eigenvalue weighted by atomic mass is 10.0. The molecule has 7 heteroatoms. The molecule has 0 aliphatic rings. The number of carboxylic acid groups (broad SMARTS) is 1. The van der Waals surface area contributed by atoms with Gasteiger partial charge in [-0.15, -0.1) is 0 Å². The summed E-state index contributed by atoms with van der Waals surface area (Å²) in [4.78, 5) is 23.4. The average molecular weight is 317 g/mol. The molecular formula is C16H19N3O4. The summed E-state index contributed by atoms with van der Waals surface area (Å²) in [5.41, 5.74) is 0.475. The highest BCUT2D eigenvalue weighted by Gasteiger charge is 2.25. The van der Waals surface area contributed by atoms with Crippen LogP contribution in [0.4, 0.5) is 0 Å². The van der Waals surface area contributed by atoms with Gasteiger partial charge in [0.1, 0.15) is 6.04 Å². The van der Waals surface area contributed by atoms with E-state index in [9.17, 15) is 14.7 Å². The molecule has 0 radical (unpaired) electrons. The Hall–Kier alpha value is -2.83. The molecular weight excluding hydrogens is 298 g/mol. The van der Waals surface area contributed by atoms with E-state index in [0.717, 1.165) is 0 Å². The summed E-state index contributed by atoms with van der Waals surface area (Å²) in [6.45, 7) is 3.73. The number of aromatic nitrogens is 2. The van der Waals surface area contributed by atoms with Gasteiger partial charge in [-0.1, -0.05) is 32.0 Å². The molecule has 7 nitrogen and oxygen atoms in total. The van der Waals surface area contributed by atoms with Crippen molar-refractivity contribution in [2.24, 2.45) is 5.92 Å². The molecule has 1 aromatic heterocycles. The van der Waals surface area contributed by atoms with E-state index >= 15 is 0 Å². The number of amides is 1. The predicted octanol–water partition coefficient (Wildman–Crippen LogP) is 1.81. The molecule has 122 valence electrons. The van der Waals surface area contributed by atoms with E-state index in [1.54, 1.807) is 24.3 Å². The summed E-state index contributed by atoms with van der Waals surface area (Å²) in [5, 5.41) is 25.5. The highest BCUT2D eigenvalue weighted by Crippen LogP contribution is 2.18. The summed E-state index contributed by atoms with van der Waals surface area (Å²) < 4.78 is 1.36. The quantitative estimate of drug-likeness (QED) is 0.753. The minimum absolute atomic E-state index is 0.104. The first-order chi connectivity index (χ1) is 10.9. The van der Waals surface area contributed by atoms with Gasteiger partial charge in [0.05, 0.1) is 11.9 Å². The van der Waals surface area contributed by atoms with Gasteiger partial charge in [-0.3, -0.25) is 4.79 Å². The van der Waals surface area contributed by atoms with Crippen LogP contribution in [0.25, 0.3) is 5.69 Å². The Morgan fingerprint density at radius 1 is 1.26 bits per heavy atom. The molecule has 0 spiro atoms. The molecule has 1 unspecified atom stereocenters. The van der Waals surface area contributed by atoms with Crippen LogP contribution >= 0.6 is 0 Å². The van der Waals surface area contributed by atoms with E-state index in [-0.39, 0.29) is 17.4 Å². The zero-order chi connectivity index (χ0) is 17.0. The number of hydrogen-bond acceptors (Lipinski definition) is 4. The standard InChI is InChI=1S/C16H19N3O4/c1-10(2)8-12(16(22)23)17-15(21)14-13(20)9-19(18-14)11-6-4-3-5-7-11/h3-7,9-10,12,20H,8H2,1-2H3,(H,17,21)(H,22,23). The van der Waals surface area contributed by atoms with Gasteiger partial charge in [-0.25, -0.2) is 9.48 Å². The lowest BCUT2D eigenvalue weighted by Gasteiger charge is -2.15. The van der Waals surface area contributed by atoms with Crippen LogP contribution in [0.3, 0.4) is 0 Å². The fourth-order valence-electron chi connectivity index (χ4n) is 2.16. The second-order valence-electron chi connectivity index (χ2n) is 5.64. The normalized spacial score (nSPS) is 12.1. The van der Waals surface area contributed by atoms with Crippen molar-refractivity contribution in [2.75, 3.05) is 0 Å². The molecule has 1 amide bonds. The summed E-state index contributed by atoms with van der Waals surface area (Å²) >= 11 is 0. The van der Waals surface area contributed by atoms with Gasteiger partial charge in [0.25, 0.3) is 5.91 Å². The number of benzene rings is 1. The van der Waals surface area contributed by atoms with Crippen molar-refractivity contribution in [1.82, 2.24) is 15.1 Å². The Morgan fingerprint density at radius 2 is 1.91 bits per heavy atom. The van der Waals surface area contributed by atoms with Gasteiger partial charge in [-0.05, 0) is 24.5 Å². The van der Waals surface area contributed by atoms with Crippen LogP contribution in [0, 0.1) is 5.92 Å². The molecule has 1 aromatic carbocycles. The van der Waals surface area contributed by atoms with Crippen LogP contribution in [-0.4, -0.2) is 37.9 Å². The first-order valence-corrected chi connectivity index (χ1v) is 7.26. The molecule has 0 saturated heterocycles. The smallest absolute Gasteiger partial charge is 0.326 e. The van der Waals surface area contributed by atoms with Crippen LogP contribution in [0.2, 0.25) is 0 Å². The third-order valence-corrected chi connectivity index (χ3v) is 3.24. The van der Waals surface area contributed by atoms with Crippen LogP contribution in [0.5, 0.6) is 5.75 Å². The number of hydrogen-bond donors (Lipinski definition) is 3. The van der Waals surface area contributed by atoms with Crippen molar-refractivity contribution in [3.63, 3.8) is 0 Å². The summed E-state index contributed by atoms with van der Waals surface area (Å²) in [5.74, 6) is -2.04. The fraction of sp³-hybridized carbons (Fsp3) is 0.312. The van der Waals surface area contributed by atoms with Crippen LogP contribution in [-0.2, 0) is 4.79 Å². The molecule has 1 atom stereocenters. The van der Waals surface area contributed by atoms with Gasteiger partial charge >= 0.3 is 5.97 Å². The summed E-state index contributed by atoms with van der Waals surface area (Å²) in [6.07, 6.45) is 1.60. The van der Waals surface area contributed by atoms with Crippen molar-refractivity contribution >= 4 is 11.9 Å². The Bertz CT molecular complexity index is 695. The van der Waals surface area contributed by atoms with E-state index in [1.807, 2.05) is 19.9 Å². The number of carbonyl (C=O) groups excluding carboxylic acids is 1. The van der Waals surface area contributed by atoms with E-state index in [1.165, 1.54) is 10.9 Å². The summed E-state index contributed by atoms with van der Waals surface area (Å²) in [6, 6.07) is 7.96. The molecule has 0 aliphatic carbocycles. The Kier molecular flexibility index (Phi) is 5.00. The first kappa shape index (κ1) is 16.5. The topological polar surface area (TPSA) is 104 Å². The van der Waals surface area contributed by atoms with E-state index in [0.29, 0.717) is 12.1 Å². The maximum Gasteiger partial charge on any atom is 0.326 e. The average Bonchev–Trinajstić information content (AvgIpc) is 2.89. The number of aromatic hydroxyl groups is 1. The highest BCUT2D eigenvalue weighted by atomic mass is 16.4. The monoisotopic (exact) mass is 317 g/mol. The summed E-state index contributed by atoms with van der Waals surface area (Å²) in [7, 11) is 0. The van der Waals surface area contributed by atoms with Gasteiger partial charge < -0.3 is 15.5 Å². The Labute approximate surface area is 133 Å². The maximum atomic E-state index is 12.2. The maximum absolute atomic E-state index is 12.2. The highest BCUT2D eigenvalue weighted by molar-refractivity contribution is 5.97. The van der Waals surface area contributed by atoms with Gasteiger partial charge in [0.2, 0.25) is 0 Å². The van der Waals surface area contributed by atoms with Crippen molar-refractivity contribution in [3.05, 3.63) is 42.2 Å². The molecule has 0 fully saturated rings. The molecule has 23 heavy (non-hydrogen) atoms. The first-order valence-electron chi connectivity index (χ1n) is 7.26. The zero-order valence-corrected chi connectivity index (χ0v) is 12.9. The molecule has 2 aromatic rings. The molecule has 1 heterocycles. The lowest BCUT2D eigenvalue weighted by Crippen LogP contribution is -2.41. The van der Waals surface area contributed by atoms with E-state index in [4.69, 9.17) is 5.11 Å². The largest absolute Gasteiger partial charge is 0.504 e. The van der Waals surface area contributed by atoms with Crippen molar-refractivity contribution in [2.45, 2.75) is 26.3 Å². The van der Waals surface area contributed by atoms with Gasteiger partial charge in [-0.2, -0.15) is 5.10 Å². The van der Waals surface area contributed by atoms with Crippen LogP contribution in [0.1, 0.15) is 30.8 Å². The predicted molar refractivity (Wildman–Crippen MR) is 83.6 cm³/mol. The van der Waals surface area contributed by atoms with Gasteiger partial charge in [0, 0.05) is 0 Å². The van der Waals surface area contributed by atoms with Gasteiger partial charge in [0.15, 0.2) is 11.4 Å². The van der Waals surface area contributed by atoms with E-state index in [2.05, 4.69) is 10.4 Å². The Morgan fingerprint density at radius 3 is 2.48 bits per heavy atom. The minimum atomic E-state index is -1.12. The van der Waals surface area contributed by atoms with Crippen LogP contribution < -0.4 is 5.32 Å². The molecule has 2 rings (SSSR count). The zero-order valence-electron chi connectivity index (χ0n) is 12.9. The third-order valence-electron chi connectivity index (χ3n) is 3.24. The number of para-hydroxylation sites is 1. The second-order valence-corrected chi connectivity index (χ2v) is 5.64.